The van der Waals surface area contributed by atoms with Crippen molar-refractivity contribution < 1.29 is 9.29 Å². The first-order valence-corrected chi connectivity index (χ1v) is 11.1. The Labute approximate surface area is 171 Å². The number of aromatic nitrogens is 2. The summed E-state index contributed by atoms with van der Waals surface area (Å²) >= 11 is 0.904. The van der Waals surface area contributed by atoms with Gasteiger partial charge in [-0.1, -0.05) is 0 Å². The van der Waals surface area contributed by atoms with Crippen molar-refractivity contribution >= 4 is 39.9 Å². The molecule has 2 atom stereocenters. The summed E-state index contributed by atoms with van der Waals surface area (Å²) in [5, 5.41) is 0. The maximum absolute atomic E-state index is 12.5. The smallest absolute Gasteiger partial charge is 0.268 e. The van der Waals surface area contributed by atoms with E-state index >= 15 is 0 Å². The van der Waals surface area contributed by atoms with Gasteiger partial charge in [0.2, 0.25) is 5.95 Å². The standard InChI is InChI=1S/C17H27IN4O3S/c1-16(2,3)26(24)20-13-10-25-11-17(13)5-7-22(8-6-17)15-19-9-12(18)14(23)21(15)4/h9,13,20H,5-8,10-11H2,1-4H3. The van der Waals surface area contributed by atoms with Crippen LogP contribution in [0.4, 0.5) is 5.95 Å². The van der Waals surface area contributed by atoms with Gasteiger partial charge in [-0.25, -0.2) is 4.98 Å². The normalized spacial score (nSPS) is 24.2. The molecule has 146 valence electrons. The number of ether oxygens (including phenoxy) is 1. The summed E-state index contributed by atoms with van der Waals surface area (Å²) in [5.41, 5.74) is -0.0142. The number of hydrogen-bond donors (Lipinski definition) is 1. The highest BCUT2D eigenvalue weighted by Gasteiger charge is 2.49. The van der Waals surface area contributed by atoms with E-state index in [1.807, 2.05) is 43.4 Å². The van der Waals surface area contributed by atoms with Gasteiger partial charge in [-0.2, -0.15) is 0 Å². The van der Waals surface area contributed by atoms with Gasteiger partial charge in [-0.15, -0.1) is 4.72 Å². The van der Waals surface area contributed by atoms with Crippen molar-refractivity contribution in [2.24, 2.45) is 12.5 Å². The van der Waals surface area contributed by atoms with Crippen LogP contribution in [-0.2, 0) is 23.1 Å². The molecule has 2 fully saturated rings. The molecule has 0 saturated carbocycles. The third-order valence-electron chi connectivity index (χ3n) is 5.36. The summed E-state index contributed by atoms with van der Waals surface area (Å²) in [7, 11) is 1.77. The number of halogens is 1. The fourth-order valence-corrected chi connectivity index (χ4v) is 5.00. The number of hydrogen-bond acceptors (Lipinski definition) is 6. The van der Waals surface area contributed by atoms with Gasteiger partial charge in [0.1, 0.15) is 4.75 Å². The molecule has 2 saturated heterocycles. The molecular weight excluding hydrogens is 467 g/mol. The lowest BCUT2D eigenvalue weighted by Crippen LogP contribution is -2.55. The van der Waals surface area contributed by atoms with Gasteiger partial charge in [0.15, 0.2) is 0 Å². The van der Waals surface area contributed by atoms with Crippen LogP contribution in [0.15, 0.2) is 11.0 Å². The number of nitrogens with one attached hydrogen (secondary N) is 1. The third-order valence-corrected chi connectivity index (χ3v) is 7.71. The molecule has 26 heavy (non-hydrogen) atoms. The first kappa shape index (κ1) is 20.4. The van der Waals surface area contributed by atoms with E-state index in [-0.39, 0.29) is 21.8 Å². The summed E-state index contributed by atoms with van der Waals surface area (Å²) in [6, 6.07) is 0.0956. The molecule has 1 N–H and O–H groups in total. The Morgan fingerprint density at radius 3 is 2.69 bits per heavy atom. The van der Waals surface area contributed by atoms with Crippen LogP contribution >= 0.6 is 22.6 Å². The van der Waals surface area contributed by atoms with Gasteiger partial charge >= 0.3 is 0 Å². The average Bonchev–Trinajstić information content (AvgIpc) is 2.95. The van der Waals surface area contributed by atoms with Crippen LogP contribution in [0.1, 0.15) is 33.6 Å². The minimum Gasteiger partial charge on any atom is -0.598 e. The Morgan fingerprint density at radius 1 is 1.42 bits per heavy atom. The molecule has 0 aliphatic carbocycles. The summed E-state index contributed by atoms with van der Waals surface area (Å²) in [5.74, 6) is 0.715. The first-order chi connectivity index (χ1) is 12.1. The molecule has 3 heterocycles. The first-order valence-electron chi connectivity index (χ1n) is 8.86. The highest BCUT2D eigenvalue weighted by atomic mass is 127. The van der Waals surface area contributed by atoms with Crippen LogP contribution in [0, 0.1) is 8.99 Å². The topological polar surface area (TPSA) is 82.4 Å². The second-order valence-corrected chi connectivity index (χ2v) is 11.3. The monoisotopic (exact) mass is 494 g/mol. The lowest BCUT2D eigenvalue weighted by Gasteiger charge is -2.42. The van der Waals surface area contributed by atoms with E-state index in [0.717, 1.165) is 25.9 Å². The van der Waals surface area contributed by atoms with Gasteiger partial charge in [0.05, 0.1) is 22.8 Å². The van der Waals surface area contributed by atoms with Crippen LogP contribution in [0.2, 0.25) is 0 Å². The zero-order valence-corrected chi connectivity index (χ0v) is 18.7. The van der Waals surface area contributed by atoms with Crippen LogP contribution < -0.4 is 15.2 Å². The lowest BCUT2D eigenvalue weighted by molar-refractivity contribution is 0.130. The number of rotatable bonds is 3. The molecule has 0 amide bonds. The van der Waals surface area contributed by atoms with E-state index in [4.69, 9.17) is 4.74 Å². The van der Waals surface area contributed by atoms with Crippen molar-refractivity contribution in [2.75, 3.05) is 31.2 Å². The maximum Gasteiger partial charge on any atom is 0.268 e. The minimum atomic E-state index is -1.11. The average molecular weight is 494 g/mol. The van der Waals surface area contributed by atoms with Gasteiger partial charge < -0.3 is 14.2 Å². The van der Waals surface area contributed by atoms with Crippen LogP contribution in [0.3, 0.4) is 0 Å². The van der Waals surface area contributed by atoms with Crippen LogP contribution in [0.5, 0.6) is 0 Å². The van der Waals surface area contributed by atoms with Crippen molar-refractivity contribution in [3.63, 3.8) is 0 Å². The van der Waals surface area contributed by atoms with E-state index < -0.39 is 11.4 Å². The van der Waals surface area contributed by atoms with E-state index in [1.165, 1.54) is 0 Å². The van der Waals surface area contributed by atoms with Crippen molar-refractivity contribution in [1.29, 1.82) is 0 Å². The summed E-state index contributed by atoms with van der Waals surface area (Å²) in [6.07, 6.45) is 3.49. The number of nitrogens with zero attached hydrogens (tertiary/aromatic N) is 3. The van der Waals surface area contributed by atoms with Crippen LogP contribution in [0.25, 0.3) is 0 Å². The molecule has 1 aromatic rings. The molecule has 2 unspecified atom stereocenters. The fourth-order valence-electron chi connectivity index (χ4n) is 3.57. The fraction of sp³-hybridized carbons (Fsp3) is 0.765. The molecule has 0 aromatic carbocycles. The molecule has 2 aliphatic heterocycles. The summed E-state index contributed by atoms with van der Waals surface area (Å²) in [6.45, 7) is 8.84. The summed E-state index contributed by atoms with van der Waals surface area (Å²) in [4.78, 5) is 18.8. The molecular formula is C17H27IN4O3S. The van der Waals surface area contributed by atoms with E-state index in [0.29, 0.717) is 22.7 Å². The summed E-state index contributed by atoms with van der Waals surface area (Å²) < 4.78 is 23.6. The highest BCUT2D eigenvalue weighted by Crippen LogP contribution is 2.40. The second kappa shape index (κ2) is 7.57. The van der Waals surface area contributed by atoms with E-state index in [2.05, 4.69) is 14.6 Å². The van der Waals surface area contributed by atoms with E-state index in [9.17, 15) is 9.35 Å². The van der Waals surface area contributed by atoms with Crippen LogP contribution in [-0.4, -0.2) is 51.2 Å². The Hall–Kier alpha value is -0.360. The van der Waals surface area contributed by atoms with Gasteiger partial charge in [0, 0.05) is 43.1 Å². The SMILES string of the molecule is Cn1c(N2CCC3(CC2)COCC3N[S+]([O-])C(C)(C)C)ncc(I)c1=O. The van der Waals surface area contributed by atoms with Gasteiger partial charge in [-0.3, -0.25) is 9.36 Å². The molecule has 1 spiro atoms. The molecule has 7 nitrogen and oxygen atoms in total. The van der Waals surface area contributed by atoms with Crippen molar-refractivity contribution in [3.8, 4) is 0 Å². The zero-order chi connectivity index (χ0) is 19.1. The van der Waals surface area contributed by atoms with Crippen molar-refractivity contribution in [3.05, 3.63) is 20.1 Å². The molecule has 3 rings (SSSR count). The maximum atomic E-state index is 12.5. The molecule has 1 aromatic heterocycles. The molecule has 2 aliphatic rings. The van der Waals surface area contributed by atoms with Crippen molar-refractivity contribution in [1.82, 2.24) is 14.3 Å². The number of piperidine rings is 1. The number of anilines is 1. The minimum absolute atomic E-state index is 0.000516. The molecule has 0 radical (unpaired) electrons. The molecule has 0 bridgehead atoms. The predicted octanol–water partition coefficient (Wildman–Crippen LogP) is 1.42. The Balaban J connectivity index is 1.71. The largest absolute Gasteiger partial charge is 0.598 e. The van der Waals surface area contributed by atoms with Gasteiger partial charge in [-0.05, 0) is 56.2 Å². The van der Waals surface area contributed by atoms with Crippen molar-refractivity contribution in [2.45, 2.75) is 44.4 Å². The quantitative estimate of drug-likeness (QED) is 0.506. The van der Waals surface area contributed by atoms with E-state index in [1.54, 1.807) is 17.8 Å². The lowest BCUT2D eigenvalue weighted by atomic mass is 9.75. The van der Waals surface area contributed by atoms with Gasteiger partial charge in [0.25, 0.3) is 5.56 Å². The third kappa shape index (κ3) is 3.91. The zero-order valence-electron chi connectivity index (χ0n) is 15.7. The highest BCUT2D eigenvalue weighted by molar-refractivity contribution is 14.1. The Bertz CT molecular complexity index is 713. The molecule has 9 heteroatoms. The Kier molecular flexibility index (Phi) is 5.94. The Morgan fingerprint density at radius 2 is 2.08 bits per heavy atom. The predicted molar refractivity (Wildman–Crippen MR) is 112 cm³/mol. The second-order valence-electron chi connectivity index (χ2n) is 8.19.